The minimum atomic E-state index is -0.748. The maximum absolute atomic E-state index is 13.6. The summed E-state index contributed by atoms with van der Waals surface area (Å²) >= 11 is 5.77. The highest BCUT2D eigenvalue weighted by atomic mass is 35.5. The van der Waals surface area contributed by atoms with Gasteiger partial charge in [-0.15, -0.1) is 0 Å². The number of halogens is 4. The maximum atomic E-state index is 13.6. The monoisotopic (exact) mass is 257 g/mol. The predicted molar refractivity (Wildman–Crippen MR) is 61.2 cm³/mol. The fourth-order valence-electron chi connectivity index (χ4n) is 1.48. The lowest BCUT2D eigenvalue weighted by Crippen LogP contribution is -1.95. The molecule has 2 rings (SSSR count). The molecule has 2 aromatic rings. The maximum Gasteiger partial charge on any atom is 0.146 e. The second kappa shape index (κ2) is 4.30. The van der Waals surface area contributed by atoms with Crippen molar-refractivity contribution in [2.45, 2.75) is 0 Å². The van der Waals surface area contributed by atoms with E-state index in [0.29, 0.717) is 0 Å². The first-order chi connectivity index (χ1) is 7.99. The quantitative estimate of drug-likeness (QED) is 0.768. The summed E-state index contributed by atoms with van der Waals surface area (Å²) in [4.78, 5) is 0. The zero-order valence-corrected chi connectivity index (χ0v) is 9.23. The van der Waals surface area contributed by atoms with E-state index in [2.05, 4.69) is 0 Å². The van der Waals surface area contributed by atoms with Crippen molar-refractivity contribution in [3.63, 3.8) is 0 Å². The number of nitrogen functional groups attached to an aromatic ring is 1. The largest absolute Gasteiger partial charge is 0.396 e. The normalized spacial score (nSPS) is 10.6. The highest BCUT2D eigenvalue weighted by molar-refractivity contribution is 6.33. The second-order valence-corrected chi connectivity index (χ2v) is 3.88. The minimum Gasteiger partial charge on any atom is -0.396 e. The minimum absolute atomic E-state index is 0.00747. The summed E-state index contributed by atoms with van der Waals surface area (Å²) in [6.45, 7) is 0. The van der Waals surface area contributed by atoms with Crippen LogP contribution < -0.4 is 5.73 Å². The fourth-order valence-corrected chi connectivity index (χ4v) is 1.75. The molecule has 17 heavy (non-hydrogen) atoms. The van der Waals surface area contributed by atoms with Crippen molar-refractivity contribution >= 4 is 17.3 Å². The third-order valence-electron chi connectivity index (χ3n) is 2.31. The number of hydrogen-bond donors (Lipinski definition) is 1. The molecule has 0 bridgehead atoms. The molecule has 0 spiro atoms. The predicted octanol–water partition coefficient (Wildman–Crippen LogP) is 4.01. The highest BCUT2D eigenvalue weighted by Gasteiger charge is 2.13. The van der Waals surface area contributed by atoms with Gasteiger partial charge in [-0.1, -0.05) is 11.6 Å². The van der Waals surface area contributed by atoms with Crippen LogP contribution >= 0.6 is 11.6 Å². The van der Waals surface area contributed by atoms with E-state index in [1.807, 2.05) is 0 Å². The Hall–Kier alpha value is -1.68. The summed E-state index contributed by atoms with van der Waals surface area (Å²) in [6.07, 6.45) is 0. The molecule has 1 nitrogen and oxygen atoms in total. The van der Waals surface area contributed by atoms with Crippen LogP contribution in [0.4, 0.5) is 18.9 Å². The van der Waals surface area contributed by atoms with Crippen LogP contribution in [0.3, 0.4) is 0 Å². The van der Waals surface area contributed by atoms with Crippen molar-refractivity contribution in [2.75, 3.05) is 5.73 Å². The first kappa shape index (κ1) is 11.8. The number of nitrogens with two attached hydrogens (primary N) is 1. The fraction of sp³-hybridized carbons (Fsp3) is 0. The lowest BCUT2D eigenvalue weighted by Gasteiger charge is -2.07. The zero-order chi connectivity index (χ0) is 12.6. The van der Waals surface area contributed by atoms with Gasteiger partial charge >= 0.3 is 0 Å². The van der Waals surface area contributed by atoms with Gasteiger partial charge in [0.25, 0.3) is 0 Å². The molecule has 0 heterocycles. The van der Waals surface area contributed by atoms with Crippen molar-refractivity contribution in [2.24, 2.45) is 0 Å². The molecule has 0 fully saturated rings. The second-order valence-electron chi connectivity index (χ2n) is 3.48. The molecule has 2 aromatic carbocycles. The number of hydrogen-bond acceptors (Lipinski definition) is 1. The van der Waals surface area contributed by atoms with E-state index in [-0.39, 0.29) is 21.8 Å². The summed E-state index contributed by atoms with van der Waals surface area (Å²) in [5.41, 5.74) is 5.09. The summed E-state index contributed by atoms with van der Waals surface area (Å²) < 4.78 is 39.7. The molecule has 2 N–H and O–H groups in total. The van der Waals surface area contributed by atoms with Crippen LogP contribution in [-0.4, -0.2) is 0 Å². The third-order valence-corrected chi connectivity index (χ3v) is 2.62. The molecule has 0 aliphatic rings. The van der Waals surface area contributed by atoms with Gasteiger partial charge in [0.2, 0.25) is 0 Å². The van der Waals surface area contributed by atoms with Crippen LogP contribution in [0.25, 0.3) is 11.1 Å². The highest BCUT2D eigenvalue weighted by Crippen LogP contribution is 2.32. The molecule has 0 amide bonds. The third kappa shape index (κ3) is 2.22. The molecule has 0 unspecified atom stereocenters. The SMILES string of the molecule is Nc1cc(F)c(-c2ccc(F)cc2Cl)cc1F. The van der Waals surface area contributed by atoms with E-state index >= 15 is 0 Å². The van der Waals surface area contributed by atoms with Crippen molar-refractivity contribution < 1.29 is 13.2 Å². The van der Waals surface area contributed by atoms with E-state index in [1.54, 1.807) is 0 Å². The Morgan fingerprint density at radius 1 is 0.882 bits per heavy atom. The number of rotatable bonds is 1. The van der Waals surface area contributed by atoms with Crippen LogP contribution in [-0.2, 0) is 0 Å². The van der Waals surface area contributed by atoms with Crippen molar-refractivity contribution in [3.8, 4) is 11.1 Å². The van der Waals surface area contributed by atoms with E-state index in [0.717, 1.165) is 24.3 Å². The van der Waals surface area contributed by atoms with E-state index in [1.165, 1.54) is 6.07 Å². The van der Waals surface area contributed by atoms with Gasteiger partial charge in [0.1, 0.15) is 17.5 Å². The topological polar surface area (TPSA) is 26.0 Å². The summed E-state index contributed by atoms with van der Waals surface area (Å²) in [6, 6.07) is 5.24. The number of anilines is 1. The van der Waals surface area contributed by atoms with Gasteiger partial charge in [-0.3, -0.25) is 0 Å². The van der Waals surface area contributed by atoms with Crippen molar-refractivity contribution in [1.29, 1.82) is 0 Å². The first-order valence-corrected chi connectivity index (χ1v) is 5.07. The van der Waals surface area contributed by atoms with Crippen LogP contribution in [0.5, 0.6) is 0 Å². The van der Waals surface area contributed by atoms with Crippen LogP contribution in [0, 0.1) is 17.5 Å². The van der Waals surface area contributed by atoms with Crippen molar-refractivity contribution in [3.05, 3.63) is 52.8 Å². The molecule has 0 atom stereocenters. The Labute approximate surface area is 101 Å². The molecule has 0 radical (unpaired) electrons. The molecule has 0 saturated heterocycles. The standard InChI is InChI=1S/C12H7ClF3N/c13-9-3-6(14)1-2-7(9)8-4-11(16)12(17)5-10(8)15/h1-5H,17H2. The first-order valence-electron chi connectivity index (χ1n) is 4.69. The summed E-state index contributed by atoms with van der Waals surface area (Å²) in [7, 11) is 0. The lowest BCUT2D eigenvalue weighted by molar-refractivity contribution is 0.607. The molecule has 0 aliphatic heterocycles. The molecule has 0 aromatic heterocycles. The Kier molecular flexibility index (Phi) is 2.98. The zero-order valence-electron chi connectivity index (χ0n) is 8.48. The summed E-state index contributed by atoms with van der Waals surface area (Å²) in [5, 5.41) is 0.00747. The Morgan fingerprint density at radius 2 is 1.59 bits per heavy atom. The Morgan fingerprint density at radius 3 is 2.24 bits per heavy atom. The van der Waals surface area contributed by atoms with Crippen LogP contribution in [0.2, 0.25) is 5.02 Å². The van der Waals surface area contributed by atoms with Gasteiger partial charge in [0, 0.05) is 17.2 Å². The average Bonchev–Trinajstić information content (AvgIpc) is 2.24. The molecule has 0 aliphatic carbocycles. The smallest absolute Gasteiger partial charge is 0.146 e. The lowest BCUT2D eigenvalue weighted by atomic mass is 10.0. The molecule has 5 heteroatoms. The average molecular weight is 258 g/mol. The van der Waals surface area contributed by atoms with Gasteiger partial charge in [0.05, 0.1) is 10.7 Å². The van der Waals surface area contributed by atoms with Gasteiger partial charge in [-0.2, -0.15) is 0 Å². The molecule has 88 valence electrons. The Bertz CT molecular complexity index is 584. The van der Waals surface area contributed by atoms with Gasteiger partial charge in [0.15, 0.2) is 0 Å². The Balaban J connectivity index is 2.64. The molecule has 0 saturated carbocycles. The van der Waals surface area contributed by atoms with Gasteiger partial charge < -0.3 is 5.73 Å². The van der Waals surface area contributed by atoms with E-state index in [4.69, 9.17) is 17.3 Å². The van der Waals surface area contributed by atoms with Crippen LogP contribution in [0.15, 0.2) is 30.3 Å². The van der Waals surface area contributed by atoms with Gasteiger partial charge in [-0.25, -0.2) is 13.2 Å². The van der Waals surface area contributed by atoms with E-state index in [9.17, 15) is 13.2 Å². The van der Waals surface area contributed by atoms with Crippen molar-refractivity contribution in [1.82, 2.24) is 0 Å². The molecular formula is C12H7ClF3N. The number of benzene rings is 2. The molecular weight excluding hydrogens is 251 g/mol. The van der Waals surface area contributed by atoms with Crippen LogP contribution in [0.1, 0.15) is 0 Å². The summed E-state index contributed by atoms with van der Waals surface area (Å²) in [5.74, 6) is -2.01. The van der Waals surface area contributed by atoms with E-state index < -0.39 is 17.5 Å². The van der Waals surface area contributed by atoms with Gasteiger partial charge in [-0.05, 0) is 24.3 Å².